The fraction of sp³-hybridized carbons (Fsp3) is 0.619. The van der Waals surface area contributed by atoms with Gasteiger partial charge in [0.1, 0.15) is 5.60 Å². The van der Waals surface area contributed by atoms with Crippen LogP contribution in [0.3, 0.4) is 0 Å². The van der Waals surface area contributed by atoms with Crippen molar-refractivity contribution < 1.29 is 23.8 Å². The molecule has 0 aromatic heterocycles. The minimum Gasteiger partial charge on any atom is -0.465 e. The van der Waals surface area contributed by atoms with Gasteiger partial charge < -0.3 is 19.1 Å². The number of nitrogens with zero attached hydrogens (tertiary/aromatic N) is 1. The van der Waals surface area contributed by atoms with Gasteiger partial charge in [-0.2, -0.15) is 0 Å². The summed E-state index contributed by atoms with van der Waals surface area (Å²) in [6.07, 6.45) is 0.657. The van der Waals surface area contributed by atoms with E-state index in [1.807, 2.05) is 51.1 Å². The predicted molar refractivity (Wildman–Crippen MR) is 102 cm³/mol. The SMILES string of the molecule is CCOC(=O)C1(COCc2ccccc2)CCN(C(=O)OC(C)(C)C)CC1. The Morgan fingerprint density at radius 2 is 1.74 bits per heavy atom. The first-order valence-corrected chi connectivity index (χ1v) is 9.52. The van der Waals surface area contributed by atoms with E-state index >= 15 is 0 Å². The average Bonchev–Trinajstić information content (AvgIpc) is 2.62. The molecule has 0 radical (unpaired) electrons. The molecule has 2 rings (SSSR count). The number of amides is 1. The average molecular weight is 377 g/mol. The molecule has 1 aromatic rings. The maximum absolute atomic E-state index is 12.6. The quantitative estimate of drug-likeness (QED) is 0.706. The normalized spacial score (nSPS) is 16.7. The summed E-state index contributed by atoms with van der Waals surface area (Å²) in [4.78, 5) is 26.6. The van der Waals surface area contributed by atoms with Crippen LogP contribution in [-0.4, -0.2) is 48.9 Å². The molecule has 0 saturated carbocycles. The number of ether oxygens (including phenoxy) is 3. The lowest BCUT2D eigenvalue weighted by molar-refractivity contribution is -0.164. The minimum absolute atomic E-state index is 0.248. The van der Waals surface area contributed by atoms with Gasteiger partial charge in [0.15, 0.2) is 0 Å². The zero-order valence-electron chi connectivity index (χ0n) is 16.8. The van der Waals surface area contributed by atoms with Crippen LogP contribution in [-0.2, 0) is 25.6 Å². The smallest absolute Gasteiger partial charge is 0.410 e. The lowest BCUT2D eigenvalue weighted by Crippen LogP contribution is -2.50. The molecule has 0 atom stereocenters. The van der Waals surface area contributed by atoms with Crippen LogP contribution < -0.4 is 0 Å². The molecule has 6 heteroatoms. The van der Waals surface area contributed by atoms with Gasteiger partial charge in [-0.25, -0.2) is 4.79 Å². The summed E-state index contributed by atoms with van der Waals surface area (Å²) in [5, 5.41) is 0. The molecule has 1 aromatic carbocycles. The summed E-state index contributed by atoms with van der Waals surface area (Å²) < 4.78 is 16.6. The van der Waals surface area contributed by atoms with E-state index in [4.69, 9.17) is 14.2 Å². The molecule has 0 bridgehead atoms. The Kier molecular flexibility index (Phi) is 7.25. The molecule has 150 valence electrons. The van der Waals surface area contributed by atoms with E-state index in [1.54, 1.807) is 11.8 Å². The molecule has 1 aliphatic heterocycles. The molecule has 1 aliphatic rings. The summed E-state index contributed by atoms with van der Waals surface area (Å²) in [7, 11) is 0. The van der Waals surface area contributed by atoms with Crippen LogP contribution >= 0.6 is 0 Å². The van der Waals surface area contributed by atoms with Crippen LogP contribution in [0.25, 0.3) is 0 Å². The van der Waals surface area contributed by atoms with Crippen molar-refractivity contribution in [1.29, 1.82) is 0 Å². The van der Waals surface area contributed by atoms with Gasteiger partial charge in [0.05, 0.1) is 25.2 Å². The molecule has 0 N–H and O–H groups in total. The van der Waals surface area contributed by atoms with Gasteiger partial charge in [0.25, 0.3) is 0 Å². The first-order chi connectivity index (χ1) is 12.8. The molecule has 0 aliphatic carbocycles. The third-order valence-electron chi connectivity index (χ3n) is 4.57. The highest BCUT2D eigenvalue weighted by atomic mass is 16.6. The van der Waals surface area contributed by atoms with Crippen molar-refractivity contribution in [2.24, 2.45) is 5.41 Å². The van der Waals surface area contributed by atoms with Crippen molar-refractivity contribution in [2.75, 3.05) is 26.3 Å². The first kappa shape index (κ1) is 21.2. The topological polar surface area (TPSA) is 65.1 Å². The van der Waals surface area contributed by atoms with Gasteiger partial charge in [-0.05, 0) is 46.1 Å². The van der Waals surface area contributed by atoms with E-state index < -0.39 is 11.0 Å². The molecule has 1 amide bonds. The van der Waals surface area contributed by atoms with Crippen molar-refractivity contribution in [3.05, 3.63) is 35.9 Å². The van der Waals surface area contributed by atoms with Gasteiger partial charge in [-0.1, -0.05) is 30.3 Å². The number of rotatable bonds is 6. The Morgan fingerprint density at radius 1 is 1.11 bits per heavy atom. The van der Waals surface area contributed by atoms with Crippen molar-refractivity contribution in [3.8, 4) is 0 Å². The predicted octanol–water partition coefficient (Wildman–Crippen LogP) is 3.78. The summed E-state index contributed by atoms with van der Waals surface area (Å²) in [6.45, 7) is 9.27. The van der Waals surface area contributed by atoms with E-state index in [-0.39, 0.29) is 18.7 Å². The largest absolute Gasteiger partial charge is 0.465 e. The third kappa shape index (κ3) is 6.24. The van der Waals surface area contributed by atoms with Crippen molar-refractivity contribution in [3.63, 3.8) is 0 Å². The van der Waals surface area contributed by atoms with E-state index in [0.717, 1.165) is 5.56 Å². The Hall–Kier alpha value is -2.08. The number of benzene rings is 1. The Balaban J connectivity index is 1.97. The van der Waals surface area contributed by atoms with Crippen LogP contribution in [0.5, 0.6) is 0 Å². The van der Waals surface area contributed by atoms with Crippen molar-refractivity contribution >= 4 is 12.1 Å². The Bertz CT molecular complexity index is 615. The Labute approximate surface area is 161 Å². The summed E-state index contributed by atoms with van der Waals surface area (Å²) in [5.74, 6) is -0.248. The third-order valence-corrected chi connectivity index (χ3v) is 4.57. The van der Waals surface area contributed by atoms with E-state index in [2.05, 4.69) is 0 Å². The number of carbonyl (C=O) groups excluding carboxylic acids is 2. The van der Waals surface area contributed by atoms with Crippen LogP contribution in [0.15, 0.2) is 30.3 Å². The standard InChI is InChI=1S/C21H31NO5/c1-5-26-18(23)21(16-25-15-17-9-7-6-8-10-17)11-13-22(14-12-21)19(24)27-20(2,3)4/h6-10H,5,11-16H2,1-4H3. The van der Waals surface area contributed by atoms with E-state index in [0.29, 0.717) is 39.1 Å². The highest BCUT2D eigenvalue weighted by molar-refractivity contribution is 5.78. The highest BCUT2D eigenvalue weighted by Gasteiger charge is 2.44. The van der Waals surface area contributed by atoms with E-state index in [1.165, 1.54) is 0 Å². The molecule has 0 unspecified atom stereocenters. The molecule has 6 nitrogen and oxygen atoms in total. The second kappa shape index (κ2) is 9.22. The van der Waals surface area contributed by atoms with Gasteiger partial charge in [-0.15, -0.1) is 0 Å². The fourth-order valence-corrected chi connectivity index (χ4v) is 3.07. The molecule has 27 heavy (non-hydrogen) atoms. The van der Waals surface area contributed by atoms with E-state index in [9.17, 15) is 9.59 Å². The minimum atomic E-state index is -0.719. The molecule has 1 fully saturated rings. The van der Waals surface area contributed by atoms with Crippen LogP contribution in [0, 0.1) is 5.41 Å². The molecule has 1 saturated heterocycles. The van der Waals surface area contributed by atoms with Crippen LogP contribution in [0.1, 0.15) is 46.1 Å². The fourth-order valence-electron chi connectivity index (χ4n) is 3.07. The number of hydrogen-bond acceptors (Lipinski definition) is 5. The van der Waals surface area contributed by atoms with Crippen molar-refractivity contribution in [2.45, 2.75) is 52.7 Å². The second-order valence-electron chi connectivity index (χ2n) is 7.95. The van der Waals surface area contributed by atoms with Crippen LogP contribution in [0.2, 0.25) is 0 Å². The van der Waals surface area contributed by atoms with Crippen molar-refractivity contribution in [1.82, 2.24) is 4.90 Å². The maximum Gasteiger partial charge on any atom is 0.410 e. The lowest BCUT2D eigenvalue weighted by atomic mass is 9.79. The van der Waals surface area contributed by atoms with Gasteiger partial charge in [0, 0.05) is 13.1 Å². The monoisotopic (exact) mass is 377 g/mol. The number of carbonyl (C=O) groups is 2. The van der Waals surface area contributed by atoms with Gasteiger partial charge >= 0.3 is 12.1 Å². The number of piperidine rings is 1. The zero-order valence-corrected chi connectivity index (χ0v) is 16.8. The summed E-state index contributed by atoms with van der Waals surface area (Å²) in [6, 6.07) is 9.85. The summed E-state index contributed by atoms with van der Waals surface area (Å²) in [5.41, 5.74) is -0.197. The second-order valence-corrected chi connectivity index (χ2v) is 7.95. The number of likely N-dealkylation sites (tertiary alicyclic amines) is 1. The zero-order chi connectivity index (χ0) is 19.9. The first-order valence-electron chi connectivity index (χ1n) is 9.52. The Morgan fingerprint density at radius 3 is 2.30 bits per heavy atom. The molecular weight excluding hydrogens is 346 g/mol. The molecule has 0 spiro atoms. The van der Waals surface area contributed by atoms with Gasteiger partial charge in [-0.3, -0.25) is 4.79 Å². The molecule has 1 heterocycles. The molecular formula is C21H31NO5. The maximum atomic E-state index is 12.6. The number of esters is 1. The van der Waals surface area contributed by atoms with Gasteiger partial charge in [0.2, 0.25) is 0 Å². The lowest BCUT2D eigenvalue weighted by Gasteiger charge is -2.39. The van der Waals surface area contributed by atoms with Crippen LogP contribution in [0.4, 0.5) is 4.79 Å². The highest BCUT2D eigenvalue weighted by Crippen LogP contribution is 2.34. The number of hydrogen-bond donors (Lipinski definition) is 0. The summed E-state index contributed by atoms with van der Waals surface area (Å²) >= 11 is 0.